The van der Waals surface area contributed by atoms with E-state index in [-0.39, 0.29) is 11.9 Å². The average Bonchev–Trinajstić information content (AvgIpc) is 2.80. The zero-order valence-corrected chi connectivity index (χ0v) is 13.8. The molecule has 0 radical (unpaired) electrons. The minimum atomic E-state index is 0.0137. The molecule has 2 saturated heterocycles. The molecule has 114 valence electrons. The fraction of sp³-hybridized carbons (Fsp3) is 0.562. The molecule has 0 spiro atoms. The first-order chi connectivity index (χ1) is 10.2. The van der Waals surface area contributed by atoms with E-state index in [1.54, 1.807) is 17.8 Å². The number of halogens is 1. The Hall–Kier alpha value is -0.710. The van der Waals surface area contributed by atoms with Crippen molar-refractivity contribution in [1.29, 1.82) is 0 Å². The molecule has 0 aliphatic carbocycles. The maximum atomic E-state index is 12.6. The molecule has 2 aliphatic rings. The number of fused-ring (bicyclic) bond motifs is 2. The normalized spacial score (nSPS) is 27.6. The van der Waals surface area contributed by atoms with Gasteiger partial charge in [0.1, 0.15) is 0 Å². The Kier molecular flexibility index (Phi) is 4.77. The maximum Gasteiger partial charge on any atom is 0.252 e. The van der Waals surface area contributed by atoms with Gasteiger partial charge in [-0.3, -0.25) is 4.79 Å². The highest BCUT2D eigenvalue weighted by molar-refractivity contribution is 7.99. The number of hydrogen-bond acceptors (Lipinski definition) is 3. The van der Waals surface area contributed by atoms with Crippen molar-refractivity contribution in [2.45, 2.75) is 55.6 Å². The van der Waals surface area contributed by atoms with E-state index in [4.69, 9.17) is 11.6 Å². The van der Waals surface area contributed by atoms with Crippen LogP contribution in [0.3, 0.4) is 0 Å². The Balaban J connectivity index is 1.71. The summed E-state index contributed by atoms with van der Waals surface area (Å²) in [5.74, 6) is 0.958. The highest BCUT2D eigenvalue weighted by Crippen LogP contribution is 2.29. The minimum absolute atomic E-state index is 0.0137. The molecule has 2 N–H and O–H groups in total. The van der Waals surface area contributed by atoms with Gasteiger partial charge in [-0.15, -0.1) is 11.8 Å². The van der Waals surface area contributed by atoms with Gasteiger partial charge in [0.05, 0.1) is 5.56 Å². The molecule has 1 aromatic carbocycles. The largest absolute Gasteiger partial charge is 0.349 e. The smallest absolute Gasteiger partial charge is 0.252 e. The van der Waals surface area contributed by atoms with Crippen molar-refractivity contribution in [3.05, 3.63) is 28.8 Å². The Labute approximate surface area is 135 Å². The number of hydrogen-bond donors (Lipinski definition) is 2. The van der Waals surface area contributed by atoms with Gasteiger partial charge in [-0.2, -0.15) is 0 Å². The summed E-state index contributed by atoms with van der Waals surface area (Å²) in [6.45, 7) is 2.09. The fourth-order valence-electron chi connectivity index (χ4n) is 3.40. The summed E-state index contributed by atoms with van der Waals surface area (Å²) < 4.78 is 0. The summed E-state index contributed by atoms with van der Waals surface area (Å²) in [6, 6.07) is 7.02. The Morgan fingerprint density at radius 2 is 2.10 bits per heavy atom. The number of rotatable bonds is 4. The summed E-state index contributed by atoms with van der Waals surface area (Å²) in [6.07, 6.45) is 4.56. The number of benzene rings is 1. The molecular formula is C16H21ClN2OS. The summed E-state index contributed by atoms with van der Waals surface area (Å²) >= 11 is 7.74. The van der Waals surface area contributed by atoms with Crippen LogP contribution in [0.2, 0.25) is 5.02 Å². The Morgan fingerprint density at radius 3 is 2.76 bits per heavy atom. The van der Waals surface area contributed by atoms with Gasteiger partial charge in [0.2, 0.25) is 0 Å². The zero-order chi connectivity index (χ0) is 14.8. The molecule has 3 rings (SSSR count). The second kappa shape index (κ2) is 6.59. The molecule has 21 heavy (non-hydrogen) atoms. The topological polar surface area (TPSA) is 41.1 Å². The molecule has 2 heterocycles. The first kappa shape index (κ1) is 15.2. The lowest BCUT2D eigenvalue weighted by atomic mass is 9.99. The number of carbonyl (C=O) groups excluding carboxylic acids is 1. The standard InChI is InChI=1S/C16H21ClN2OS/c1-2-21-15-6-3-10(17)7-14(15)16(20)19-13-8-11-4-5-12(9-13)18-11/h3,6-7,11-13,18H,2,4-5,8-9H2,1H3,(H,19,20). The van der Waals surface area contributed by atoms with Crippen LogP contribution < -0.4 is 10.6 Å². The lowest BCUT2D eigenvalue weighted by Gasteiger charge is -2.29. The second-order valence-corrected chi connectivity index (χ2v) is 7.60. The van der Waals surface area contributed by atoms with Gasteiger partial charge in [0.15, 0.2) is 0 Å². The molecule has 2 aliphatic heterocycles. The summed E-state index contributed by atoms with van der Waals surface area (Å²) in [4.78, 5) is 13.6. The molecule has 1 amide bonds. The SMILES string of the molecule is CCSc1ccc(Cl)cc1C(=O)NC1CC2CCC(C1)N2. The first-order valence-corrected chi connectivity index (χ1v) is 9.01. The molecule has 1 aromatic rings. The lowest BCUT2D eigenvalue weighted by molar-refractivity contribution is 0.0921. The van der Waals surface area contributed by atoms with Gasteiger partial charge in [0, 0.05) is 28.0 Å². The molecule has 2 unspecified atom stereocenters. The average molecular weight is 325 g/mol. The molecular weight excluding hydrogens is 304 g/mol. The van der Waals surface area contributed by atoms with Gasteiger partial charge in [-0.05, 0) is 49.6 Å². The Bertz CT molecular complexity index is 525. The van der Waals surface area contributed by atoms with Crippen molar-refractivity contribution in [2.24, 2.45) is 0 Å². The predicted octanol–water partition coefficient (Wildman–Crippen LogP) is 3.46. The molecule has 5 heteroatoms. The van der Waals surface area contributed by atoms with Crippen LogP contribution in [-0.2, 0) is 0 Å². The number of thioether (sulfide) groups is 1. The van der Waals surface area contributed by atoms with Crippen molar-refractivity contribution in [3.63, 3.8) is 0 Å². The number of carbonyl (C=O) groups is 1. The molecule has 2 bridgehead atoms. The van der Waals surface area contributed by atoms with Crippen molar-refractivity contribution in [3.8, 4) is 0 Å². The van der Waals surface area contributed by atoms with E-state index in [0.29, 0.717) is 22.7 Å². The van der Waals surface area contributed by atoms with Crippen LogP contribution in [0.1, 0.15) is 43.0 Å². The third kappa shape index (κ3) is 3.55. The van der Waals surface area contributed by atoms with Crippen molar-refractivity contribution >= 4 is 29.3 Å². The quantitative estimate of drug-likeness (QED) is 0.833. The van der Waals surface area contributed by atoms with Gasteiger partial charge in [0.25, 0.3) is 5.91 Å². The van der Waals surface area contributed by atoms with Gasteiger partial charge in [-0.1, -0.05) is 18.5 Å². The molecule has 3 nitrogen and oxygen atoms in total. The van der Waals surface area contributed by atoms with E-state index in [1.165, 1.54) is 12.8 Å². The second-order valence-electron chi connectivity index (χ2n) is 5.85. The summed E-state index contributed by atoms with van der Waals surface area (Å²) in [5.41, 5.74) is 0.709. The van der Waals surface area contributed by atoms with Crippen molar-refractivity contribution < 1.29 is 4.79 Å². The Morgan fingerprint density at radius 1 is 1.38 bits per heavy atom. The lowest BCUT2D eigenvalue weighted by Crippen LogP contribution is -2.48. The van der Waals surface area contributed by atoms with Crippen molar-refractivity contribution in [1.82, 2.24) is 10.6 Å². The van der Waals surface area contributed by atoms with Crippen LogP contribution in [-0.4, -0.2) is 29.8 Å². The number of piperidine rings is 1. The highest BCUT2D eigenvalue weighted by Gasteiger charge is 2.34. The predicted molar refractivity (Wildman–Crippen MR) is 88.3 cm³/mol. The number of amides is 1. The molecule has 2 fully saturated rings. The molecule has 0 saturated carbocycles. The van der Waals surface area contributed by atoms with E-state index < -0.39 is 0 Å². The van der Waals surface area contributed by atoms with Crippen LogP contribution >= 0.6 is 23.4 Å². The van der Waals surface area contributed by atoms with Gasteiger partial charge in [-0.25, -0.2) is 0 Å². The van der Waals surface area contributed by atoms with E-state index in [1.807, 2.05) is 12.1 Å². The zero-order valence-electron chi connectivity index (χ0n) is 12.2. The number of nitrogens with one attached hydrogen (secondary N) is 2. The van der Waals surface area contributed by atoms with Crippen LogP contribution in [0, 0.1) is 0 Å². The molecule has 0 aromatic heterocycles. The van der Waals surface area contributed by atoms with E-state index in [0.717, 1.165) is 23.5 Å². The van der Waals surface area contributed by atoms with Crippen LogP contribution in [0.15, 0.2) is 23.1 Å². The van der Waals surface area contributed by atoms with Gasteiger partial charge < -0.3 is 10.6 Å². The third-order valence-corrected chi connectivity index (χ3v) is 5.49. The molecule has 2 atom stereocenters. The fourth-order valence-corrected chi connectivity index (χ4v) is 4.35. The van der Waals surface area contributed by atoms with E-state index >= 15 is 0 Å². The summed E-state index contributed by atoms with van der Waals surface area (Å²) in [7, 11) is 0. The van der Waals surface area contributed by atoms with Gasteiger partial charge >= 0.3 is 0 Å². The van der Waals surface area contributed by atoms with Crippen LogP contribution in [0.4, 0.5) is 0 Å². The van der Waals surface area contributed by atoms with E-state index in [2.05, 4.69) is 17.6 Å². The van der Waals surface area contributed by atoms with Crippen molar-refractivity contribution in [2.75, 3.05) is 5.75 Å². The summed E-state index contributed by atoms with van der Waals surface area (Å²) in [5, 5.41) is 7.43. The highest BCUT2D eigenvalue weighted by atomic mass is 35.5. The third-order valence-electron chi connectivity index (χ3n) is 4.29. The van der Waals surface area contributed by atoms with E-state index in [9.17, 15) is 4.79 Å². The minimum Gasteiger partial charge on any atom is -0.349 e. The monoisotopic (exact) mass is 324 g/mol. The van der Waals surface area contributed by atoms with Crippen LogP contribution in [0.25, 0.3) is 0 Å². The van der Waals surface area contributed by atoms with Crippen LogP contribution in [0.5, 0.6) is 0 Å². The first-order valence-electron chi connectivity index (χ1n) is 7.65. The maximum absolute atomic E-state index is 12.6.